The fourth-order valence-corrected chi connectivity index (χ4v) is 2.77. The number of carbonyl (C=O) groups excluding carboxylic acids is 1. The third-order valence-corrected chi connectivity index (χ3v) is 4.21. The fourth-order valence-electron chi connectivity index (χ4n) is 2.30. The zero-order valence-corrected chi connectivity index (χ0v) is 12.5. The molecular weight excluding hydrogens is 365 g/mol. The average molecular weight is 380 g/mol. The van der Waals surface area contributed by atoms with E-state index in [4.69, 9.17) is 5.73 Å². The minimum absolute atomic E-state index is 0.0662. The maximum absolute atomic E-state index is 13.7. The van der Waals surface area contributed by atoms with E-state index in [1.165, 1.54) is 6.07 Å². The van der Waals surface area contributed by atoms with E-state index in [9.17, 15) is 13.6 Å². The van der Waals surface area contributed by atoms with E-state index < -0.39 is 11.6 Å². The molecule has 6 heteroatoms. The van der Waals surface area contributed by atoms with Crippen molar-refractivity contribution in [2.45, 2.75) is 12.8 Å². The van der Waals surface area contributed by atoms with Gasteiger partial charge in [0, 0.05) is 22.7 Å². The Morgan fingerprint density at radius 1 is 1.42 bits per heavy atom. The highest BCUT2D eigenvalue weighted by Crippen LogP contribution is 2.21. The second-order valence-electron chi connectivity index (χ2n) is 4.74. The molecule has 1 aliphatic rings. The van der Waals surface area contributed by atoms with Crippen LogP contribution in [0.4, 0.5) is 8.78 Å². The van der Waals surface area contributed by atoms with Crippen molar-refractivity contribution < 1.29 is 13.6 Å². The lowest BCUT2D eigenvalue weighted by Gasteiger charge is -2.32. The molecule has 0 radical (unpaired) electrons. The van der Waals surface area contributed by atoms with Crippen LogP contribution in [0.25, 0.3) is 0 Å². The lowest BCUT2D eigenvalue weighted by atomic mass is 9.97. The summed E-state index contributed by atoms with van der Waals surface area (Å²) in [6.07, 6.45) is 1.86. The first-order chi connectivity index (χ1) is 9.02. The molecule has 0 bridgehead atoms. The molecule has 104 valence electrons. The molecule has 1 aromatic carbocycles. The van der Waals surface area contributed by atoms with Gasteiger partial charge in [-0.25, -0.2) is 8.78 Å². The van der Waals surface area contributed by atoms with Crippen LogP contribution in [0, 0.1) is 21.1 Å². The van der Waals surface area contributed by atoms with Gasteiger partial charge in [0.15, 0.2) is 0 Å². The van der Waals surface area contributed by atoms with E-state index >= 15 is 0 Å². The van der Waals surface area contributed by atoms with E-state index in [1.807, 2.05) is 0 Å². The summed E-state index contributed by atoms with van der Waals surface area (Å²) in [7, 11) is 0. The molecular formula is C13H15F2IN2O. The quantitative estimate of drug-likeness (QED) is 0.633. The van der Waals surface area contributed by atoms with Gasteiger partial charge in [-0.2, -0.15) is 0 Å². The largest absolute Gasteiger partial charge is 0.338 e. The summed E-state index contributed by atoms with van der Waals surface area (Å²) in [4.78, 5) is 13.9. The van der Waals surface area contributed by atoms with Crippen LogP contribution < -0.4 is 5.73 Å². The summed E-state index contributed by atoms with van der Waals surface area (Å²) >= 11 is 1.75. The number of nitrogens with two attached hydrogens (primary N) is 1. The van der Waals surface area contributed by atoms with E-state index in [2.05, 4.69) is 0 Å². The van der Waals surface area contributed by atoms with Crippen molar-refractivity contribution in [3.8, 4) is 0 Å². The lowest BCUT2D eigenvalue weighted by molar-refractivity contribution is 0.0673. The van der Waals surface area contributed by atoms with Crippen LogP contribution in [0.1, 0.15) is 23.2 Å². The van der Waals surface area contributed by atoms with Crippen molar-refractivity contribution in [1.29, 1.82) is 0 Å². The van der Waals surface area contributed by atoms with Gasteiger partial charge in [0.25, 0.3) is 5.91 Å². The Balaban J connectivity index is 2.22. The van der Waals surface area contributed by atoms with Crippen molar-refractivity contribution in [2.75, 3.05) is 19.6 Å². The lowest BCUT2D eigenvalue weighted by Crippen LogP contribution is -2.42. The maximum atomic E-state index is 13.7. The second-order valence-corrected chi connectivity index (χ2v) is 5.90. The van der Waals surface area contributed by atoms with Gasteiger partial charge < -0.3 is 10.6 Å². The molecule has 2 N–H and O–H groups in total. The first-order valence-corrected chi connectivity index (χ1v) is 7.24. The number of piperidine rings is 1. The topological polar surface area (TPSA) is 46.3 Å². The minimum Gasteiger partial charge on any atom is -0.338 e. The van der Waals surface area contributed by atoms with Crippen LogP contribution in [-0.2, 0) is 0 Å². The van der Waals surface area contributed by atoms with Crippen LogP contribution in [-0.4, -0.2) is 30.4 Å². The standard InChI is InChI=1S/C13H15F2IN2O/c14-10-5-11(15)12(16)4-9(10)13(19)18-3-1-2-8(6-17)7-18/h4-5,8H,1-3,6-7,17H2. The molecule has 1 unspecified atom stereocenters. The second kappa shape index (κ2) is 6.13. The Bertz CT molecular complexity index is 496. The van der Waals surface area contributed by atoms with Gasteiger partial charge in [-0.05, 0) is 54.0 Å². The van der Waals surface area contributed by atoms with Gasteiger partial charge in [-0.3, -0.25) is 4.79 Å². The summed E-state index contributed by atoms with van der Waals surface area (Å²) in [6, 6.07) is 2.03. The highest BCUT2D eigenvalue weighted by atomic mass is 127. The highest BCUT2D eigenvalue weighted by molar-refractivity contribution is 14.1. The third kappa shape index (κ3) is 3.22. The fraction of sp³-hybridized carbons (Fsp3) is 0.462. The number of likely N-dealkylation sites (tertiary alicyclic amines) is 1. The molecule has 1 aromatic rings. The smallest absolute Gasteiger partial charge is 0.256 e. The van der Waals surface area contributed by atoms with Gasteiger partial charge in [-0.15, -0.1) is 0 Å². The molecule has 0 aromatic heterocycles. The van der Waals surface area contributed by atoms with Crippen LogP contribution >= 0.6 is 22.6 Å². The van der Waals surface area contributed by atoms with Gasteiger partial charge in [0.2, 0.25) is 0 Å². The number of nitrogens with zero attached hydrogens (tertiary/aromatic N) is 1. The van der Waals surface area contributed by atoms with Crippen molar-refractivity contribution in [3.63, 3.8) is 0 Å². The molecule has 1 saturated heterocycles. The predicted octanol–water partition coefficient (Wildman–Crippen LogP) is 2.38. The number of hydrogen-bond acceptors (Lipinski definition) is 2. The summed E-state index contributed by atoms with van der Waals surface area (Å²) in [5.74, 6) is -1.57. The van der Waals surface area contributed by atoms with Crippen molar-refractivity contribution >= 4 is 28.5 Å². The number of benzene rings is 1. The average Bonchev–Trinajstić information content (AvgIpc) is 2.42. The Morgan fingerprint density at radius 3 is 2.84 bits per heavy atom. The van der Waals surface area contributed by atoms with E-state index in [-0.39, 0.29) is 21.0 Å². The summed E-state index contributed by atoms with van der Waals surface area (Å²) < 4.78 is 27.1. The third-order valence-electron chi connectivity index (χ3n) is 3.38. The maximum Gasteiger partial charge on any atom is 0.256 e. The molecule has 1 heterocycles. The molecule has 0 saturated carbocycles. The molecule has 3 nitrogen and oxygen atoms in total. The Morgan fingerprint density at radius 2 is 2.16 bits per heavy atom. The van der Waals surface area contributed by atoms with Crippen molar-refractivity contribution in [3.05, 3.63) is 32.9 Å². The van der Waals surface area contributed by atoms with Crippen LogP contribution in [0.5, 0.6) is 0 Å². The van der Waals surface area contributed by atoms with Crippen LogP contribution in [0.2, 0.25) is 0 Å². The summed E-state index contributed by atoms with van der Waals surface area (Å²) in [6.45, 7) is 1.67. The summed E-state index contributed by atoms with van der Waals surface area (Å²) in [5, 5.41) is 0. The predicted molar refractivity (Wildman–Crippen MR) is 76.8 cm³/mol. The monoisotopic (exact) mass is 380 g/mol. The SMILES string of the molecule is NCC1CCCN(C(=O)c2cc(I)c(F)cc2F)C1. The van der Waals surface area contributed by atoms with E-state index in [1.54, 1.807) is 27.5 Å². The molecule has 1 aliphatic heterocycles. The van der Waals surface area contributed by atoms with Gasteiger partial charge >= 0.3 is 0 Å². The zero-order valence-electron chi connectivity index (χ0n) is 10.3. The molecule has 0 spiro atoms. The van der Waals surface area contributed by atoms with Gasteiger partial charge in [0.1, 0.15) is 11.6 Å². The Hall–Kier alpha value is -0.760. The number of rotatable bonds is 2. The molecule has 0 aliphatic carbocycles. The minimum atomic E-state index is -0.808. The van der Waals surface area contributed by atoms with Crippen LogP contribution in [0.3, 0.4) is 0 Å². The van der Waals surface area contributed by atoms with Gasteiger partial charge in [-0.1, -0.05) is 0 Å². The number of carbonyl (C=O) groups is 1. The number of halogens is 3. The van der Waals surface area contributed by atoms with Gasteiger partial charge in [0.05, 0.1) is 5.56 Å². The van der Waals surface area contributed by atoms with Crippen LogP contribution in [0.15, 0.2) is 12.1 Å². The number of amides is 1. The first kappa shape index (κ1) is 14.6. The molecule has 1 fully saturated rings. The molecule has 2 rings (SSSR count). The van der Waals surface area contributed by atoms with E-state index in [0.29, 0.717) is 19.6 Å². The van der Waals surface area contributed by atoms with Crippen molar-refractivity contribution in [2.24, 2.45) is 11.7 Å². The molecule has 19 heavy (non-hydrogen) atoms. The molecule has 1 atom stereocenters. The first-order valence-electron chi connectivity index (χ1n) is 6.16. The Labute approximate surface area is 124 Å². The highest BCUT2D eigenvalue weighted by Gasteiger charge is 2.26. The van der Waals surface area contributed by atoms with E-state index in [0.717, 1.165) is 18.9 Å². The number of hydrogen-bond donors (Lipinski definition) is 1. The Kier molecular flexibility index (Phi) is 4.72. The summed E-state index contributed by atoms with van der Waals surface area (Å²) in [5.41, 5.74) is 5.55. The normalized spacial score (nSPS) is 19.6. The zero-order chi connectivity index (χ0) is 14.0. The van der Waals surface area contributed by atoms with Crippen molar-refractivity contribution in [1.82, 2.24) is 4.90 Å². The molecule has 1 amide bonds.